The van der Waals surface area contributed by atoms with E-state index in [-0.39, 0.29) is 0 Å². The average Bonchev–Trinajstić information content (AvgIpc) is 2.56. The molecule has 1 aromatic carbocycles. The Morgan fingerprint density at radius 3 is 2.86 bits per heavy atom. The Hall–Kier alpha value is -0.870. The van der Waals surface area contributed by atoms with Crippen molar-refractivity contribution in [1.82, 2.24) is 15.2 Å². The first-order valence-electron chi connectivity index (χ1n) is 4.01. The zero-order chi connectivity index (χ0) is 10.1. The van der Waals surface area contributed by atoms with Crippen molar-refractivity contribution in [2.45, 2.75) is 6.92 Å². The molecule has 0 fully saturated rings. The number of nitrogens with zero attached hydrogens (tertiary/aromatic N) is 2. The molecule has 0 atom stereocenters. The average molecular weight is 273 g/mol. The number of rotatable bonds is 1. The quantitative estimate of drug-likeness (QED) is 0.866. The van der Waals surface area contributed by atoms with Gasteiger partial charge in [0.2, 0.25) is 5.28 Å². The second kappa shape index (κ2) is 3.71. The molecular formula is C9H7BrClN3. The molecule has 0 aliphatic heterocycles. The zero-order valence-corrected chi connectivity index (χ0v) is 9.72. The molecule has 0 saturated carbocycles. The lowest BCUT2D eigenvalue weighted by atomic mass is 10.1. The lowest BCUT2D eigenvalue weighted by molar-refractivity contribution is 1.09. The standard InChI is InChI=1S/C9H7BrClN3/c1-5-2-3-6(10)4-7(5)8-12-9(11)14-13-8/h2-4H,1H3,(H,12,13,14). The highest BCUT2D eigenvalue weighted by Crippen LogP contribution is 2.24. The van der Waals surface area contributed by atoms with E-state index >= 15 is 0 Å². The molecule has 0 unspecified atom stereocenters. The normalized spacial score (nSPS) is 10.5. The van der Waals surface area contributed by atoms with E-state index in [4.69, 9.17) is 11.6 Å². The van der Waals surface area contributed by atoms with Crippen LogP contribution in [0.5, 0.6) is 0 Å². The van der Waals surface area contributed by atoms with E-state index in [2.05, 4.69) is 31.1 Å². The van der Waals surface area contributed by atoms with Gasteiger partial charge in [-0.2, -0.15) is 10.1 Å². The first-order valence-corrected chi connectivity index (χ1v) is 5.18. The van der Waals surface area contributed by atoms with E-state index in [0.717, 1.165) is 15.6 Å². The smallest absolute Gasteiger partial charge is 0.218 e. The van der Waals surface area contributed by atoms with Crippen molar-refractivity contribution in [3.63, 3.8) is 0 Å². The van der Waals surface area contributed by atoms with Crippen molar-refractivity contribution in [1.29, 1.82) is 0 Å². The van der Waals surface area contributed by atoms with Gasteiger partial charge in [-0.1, -0.05) is 22.0 Å². The maximum Gasteiger partial charge on any atom is 0.218 e. The molecule has 0 amide bonds. The van der Waals surface area contributed by atoms with Crippen LogP contribution in [0.15, 0.2) is 22.7 Å². The lowest BCUT2D eigenvalue weighted by Gasteiger charge is -2.00. The van der Waals surface area contributed by atoms with E-state index in [9.17, 15) is 0 Å². The number of aromatic amines is 1. The molecule has 3 nitrogen and oxygen atoms in total. The summed E-state index contributed by atoms with van der Waals surface area (Å²) in [5, 5.41) is 6.91. The second-order valence-electron chi connectivity index (χ2n) is 2.91. The van der Waals surface area contributed by atoms with Gasteiger partial charge >= 0.3 is 0 Å². The summed E-state index contributed by atoms with van der Waals surface area (Å²) >= 11 is 9.06. The SMILES string of the molecule is Cc1ccc(Br)cc1-c1n[nH]c(Cl)n1. The van der Waals surface area contributed by atoms with E-state index in [1.807, 2.05) is 25.1 Å². The highest BCUT2D eigenvalue weighted by atomic mass is 79.9. The molecule has 5 heteroatoms. The van der Waals surface area contributed by atoms with Crippen LogP contribution in [0, 0.1) is 6.92 Å². The fourth-order valence-electron chi connectivity index (χ4n) is 1.20. The first kappa shape index (κ1) is 9.68. The highest BCUT2D eigenvalue weighted by molar-refractivity contribution is 9.10. The highest BCUT2D eigenvalue weighted by Gasteiger charge is 2.07. The topological polar surface area (TPSA) is 41.6 Å². The predicted molar refractivity (Wildman–Crippen MR) is 59.3 cm³/mol. The van der Waals surface area contributed by atoms with Crippen LogP contribution in [0.4, 0.5) is 0 Å². The van der Waals surface area contributed by atoms with Gasteiger partial charge in [-0.25, -0.2) is 5.10 Å². The van der Waals surface area contributed by atoms with Gasteiger partial charge in [0, 0.05) is 10.0 Å². The third-order valence-electron chi connectivity index (χ3n) is 1.90. The van der Waals surface area contributed by atoms with E-state index in [1.165, 1.54) is 0 Å². The summed E-state index contributed by atoms with van der Waals surface area (Å²) in [7, 11) is 0. The maximum absolute atomic E-state index is 5.66. The minimum Gasteiger partial charge on any atom is -0.249 e. The number of hydrogen-bond donors (Lipinski definition) is 1. The summed E-state index contributed by atoms with van der Waals surface area (Å²) in [6.07, 6.45) is 0. The van der Waals surface area contributed by atoms with Crippen molar-refractivity contribution in [2.24, 2.45) is 0 Å². The lowest BCUT2D eigenvalue weighted by Crippen LogP contribution is -1.85. The van der Waals surface area contributed by atoms with Gasteiger partial charge in [-0.3, -0.25) is 0 Å². The summed E-state index contributed by atoms with van der Waals surface area (Å²) in [5.74, 6) is 0.619. The van der Waals surface area contributed by atoms with Crippen LogP contribution >= 0.6 is 27.5 Å². The van der Waals surface area contributed by atoms with Crippen molar-refractivity contribution in [3.05, 3.63) is 33.5 Å². The molecule has 1 aromatic heterocycles. The third kappa shape index (κ3) is 1.81. The van der Waals surface area contributed by atoms with Crippen molar-refractivity contribution in [3.8, 4) is 11.4 Å². The van der Waals surface area contributed by atoms with Crippen molar-refractivity contribution in [2.75, 3.05) is 0 Å². The van der Waals surface area contributed by atoms with E-state index in [1.54, 1.807) is 0 Å². The second-order valence-corrected chi connectivity index (χ2v) is 4.18. The first-order chi connectivity index (χ1) is 6.66. The number of aryl methyl sites for hydroxylation is 1. The molecule has 0 radical (unpaired) electrons. The fraction of sp³-hybridized carbons (Fsp3) is 0.111. The van der Waals surface area contributed by atoms with Gasteiger partial charge in [-0.15, -0.1) is 0 Å². The molecule has 14 heavy (non-hydrogen) atoms. The number of benzene rings is 1. The summed E-state index contributed by atoms with van der Waals surface area (Å²) < 4.78 is 0.999. The monoisotopic (exact) mass is 271 g/mol. The van der Waals surface area contributed by atoms with Crippen LogP contribution < -0.4 is 0 Å². The van der Waals surface area contributed by atoms with Gasteiger partial charge in [0.15, 0.2) is 5.82 Å². The molecule has 1 N–H and O–H groups in total. The molecule has 72 valence electrons. The van der Waals surface area contributed by atoms with Gasteiger partial charge in [0.1, 0.15) is 0 Å². The predicted octanol–water partition coefficient (Wildman–Crippen LogP) is 3.20. The molecular weight excluding hydrogens is 265 g/mol. The number of H-pyrrole nitrogens is 1. The van der Waals surface area contributed by atoms with Crippen LogP contribution in [-0.2, 0) is 0 Å². The van der Waals surface area contributed by atoms with E-state index in [0.29, 0.717) is 11.1 Å². The van der Waals surface area contributed by atoms with Gasteiger partial charge < -0.3 is 0 Å². The Kier molecular flexibility index (Phi) is 2.56. The van der Waals surface area contributed by atoms with Gasteiger partial charge in [0.05, 0.1) is 0 Å². The largest absolute Gasteiger partial charge is 0.249 e. The Morgan fingerprint density at radius 2 is 2.21 bits per heavy atom. The molecule has 0 saturated heterocycles. The molecule has 0 bridgehead atoms. The maximum atomic E-state index is 5.66. The number of halogens is 2. The van der Waals surface area contributed by atoms with Crippen LogP contribution in [0.2, 0.25) is 5.28 Å². The van der Waals surface area contributed by atoms with Gasteiger partial charge in [0.25, 0.3) is 0 Å². The van der Waals surface area contributed by atoms with Crippen molar-refractivity contribution < 1.29 is 0 Å². The number of aromatic nitrogens is 3. The summed E-state index contributed by atoms with van der Waals surface area (Å²) in [6, 6.07) is 5.95. The number of hydrogen-bond acceptors (Lipinski definition) is 2. The van der Waals surface area contributed by atoms with Crippen LogP contribution in [0.1, 0.15) is 5.56 Å². The Bertz CT molecular complexity index is 467. The summed E-state index contributed by atoms with van der Waals surface area (Å²) in [4.78, 5) is 4.06. The minimum absolute atomic E-state index is 0.305. The Labute approximate surface area is 94.6 Å². The zero-order valence-electron chi connectivity index (χ0n) is 7.38. The van der Waals surface area contributed by atoms with E-state index < -0.39 is 0 Å². The third-order valence-corrected chi connectivity index (χ3v) is 2.56. The van der Waals surface area contributed by atoms with Crippen LogP contribution in [0.25, 0.3) is 11.4 Å². The molecule has 1 heterocycles. The van der Waals surface area contributed by atoms with Crippen LogP contribution in [0.3, 0.4) is 0 Å². The minimum atomic E-state index is 0.305. The molecule has 0 spiro atoms. The summed E-state index contributed by atoms with van der Waals surface area (Å²) in [6.45, 7) is 2.01. The number of nitrogens with one attached hydrogen (secondary N) is 1. The fourth-order valence-corrected chi connectivity index (χ4v) is 1.68. The Morgan fingerprint density at radius 1 is 1.43 bits per heavy atom. The molecule has 0 aliphatic carbocycles. The molecule has 2 aromatic rings. The summed E-state index contributed by atoms with van der Waals surface area (Å²) in [5.41, 5.74) is 2.09. The van der Waals surface area contributed by atoms with Crippen LogP contribution in [-0.4, -0.2) is 15.2 Å². The Balaban J connectivity index is 2.55. The van der Waals surface area contributed by atoms with Gasteiger partial charge in [-0.05, 0) is 36.2 Å². The molecule has 2 rings (SSSR count). The van der Waals surface area contributed by atoms with Crippen molar-refractivity contribution >= 4 is 27.5 Å². The molecule has 0 aliphatic rings.